The highest BCUT2D eigenvalue weighted by Crippen LogP contribution is 2.39. The molecular formula is C48H51FO10. The molecule has 3 fully saturated rings. The normalized spacial score (nSPS) is 29.4. The molecule has 3 aliphatic heterocycles. The molecule has 0 spiro atoms. The first-order chi connectivity index (χ1) is 29.1. The van der Waals surface area contributed by atoms with Crippen LogP contribution < -0.4 is 0 Å². The maximum atomic E-state index is 17.2. The Bertz CT molecular complexity index is 1950. The Balaban J connectivity index is 1.11. The van der Waals surface area contributed by atoms with Gasteiger partial charge in [0.05, 0.1) is 39.6 Å². The van der Waals surface area contributed by atoms with Crippen molar-refractivity contribution >= 4 is 0 Å². The SMILES string of the molecule is CO[C@H]1O[C@H](COCc2ccccc2)[C@@H](OC2O[C@@H]3COC(c4ccccc4)O[C@H]3[C@H](F)[C@H]2OCc2ccccc2)[C@H](OCc2ccccc2)[C@H]1OCc1ccccc1. The van der Waals surface area contributed by atoms with E-state index in [9.17, 15) is 0 Å². The molecule has 8 rings (SSSR count). The lowest BCUT2D eigenvalue weighted by molar-refractivity contribution is -0.388. The summed E-state index contributed by atoms with van der Waals surface area (Å²) in [5.74, 6) is 0. The fourth-order valence-corrected chi connectivity index (χ4v) is 7.65. The van der Waals surface area contributed by atoms with E-state index in [1.807, 2.05) is 152 Å². The monoisotopic (exact) mass is 806 g/mol. The Morgan fingerprint density at radius 2 is 1.02 bits per heavy atom. The van der Waals surface area contributed by atoms with Crippen LogP contribution >= 0.6 is 0 Å². The summed E-state index contributed by atoms with van der Waals surface area (Å²) < 4.78 is 82.0. The average molecular weight is 807 g/mol. The molecule has 3 saturated heterocycles. The summed E-state index contributed by atoms with van der Waals surface area (Å²) in [5, 5.41) is 0. The van der Waals surface area contributed by atoms with Gasteiger partial charge < -0.3 is 47.4 Å². The van der Waals surface area contributed by atoms with Crippen molar-refractivity contribution in [1.29, 1.82) is 0 Å². The van der Waals surface area contributed by atoms with Crippen LogP contribution in [0.5, 0.6) is 0 Å². The lowest BCUT2D eigenvalue weighted by atomic mass is 9.96. The van der Waals surface area contributed by atoms with E-state index in [2.05, 4.69) is 0 Å². The average Bonchev–Trinajstić information content (AvgIpc) is 3.29. The predicted octanol–water partition coefficient (Wildman–Crippen LogP) is 7.89. The van der Waals surface area contributed by atoms with Crippen molar-refractivity contribution in [2.45, 2.75) is 94.2 Å². The summed E-state index contributed by atoms with van der Waals surface area (Å²) in [4.78, 5) is 0. The van der Waals surface area contributed by atoms with Gasteiger partial charge in [0.1, 0.15) is 42.7 Å². The molecule has 0 aliphatic carbocycles. The van der Waals surface area contributed by atoms with Gasteiger partial charge in [-0.25, -0.2) is 4.39 Å². The zero-order valence-corrected chi connectivity index (χ0v) is 33.0. The fraction of sp³-hybridized carbons (Fsp3) is 0.375. The first-order valence-corrected chi connectivity index (χ1v) is 20.2. The second-order valence-corrected chi connectivity index (χ2v) is 14.8. The fourth-order valence-electron chi connectivity index (χ4n) is 7.65. The second kappa shape index (κ2) is 20.7. The molecule has 11 heteroatoms. The molecule has 2 unspecified atom stereocenters. The summed E-state index contributed by atoms with van der Waals surface area (Å²) in [6.07, 6.45) is -10.8. The summed E-state index contributed by atoms with van der Waals surface area (Å²) in [6, 6.07) is 48.6. The standard InChI is InChI=1S/C48H51FO10/c1-50-47-45(54-30-36-23-13-5-14-24-36)44(53-29-35-21-11-4-12-22-35)42(38(56-47)31-51-27-33-17-7-2-8-18-33)59-48-43(52-28-34-19-9-3-10-20-34)40(49)41-39(57-48)32-55-46(58-41)37-25-15-6-16-26-37/h2-26,38-48H,27-32H2,1H3/t38-,39-,40+,41-,42-,43-,44+,45-,46?,47+,48?/m1/s1. The number of hydrogen-bond donors (Lipinski definition) is 0. The quantitative estimate of drug-likeness (QED) is 0.0925. The smallest absolute Gasteiger partial charge is 0.187 e. The molecule has 0 saturated carbocycles. The van der Waals surface area contributed by atoms with Crippen molar-refractivity contribution in [3.8, 4) is 0 Å². The van der Waals surface area contributed by atoms with Crippen molar-refractivity contribution in [2.24, 2.45) is 0 Å². The highest BCUT2D eigenvalue weighted by Gasteiger charge is 2.55. The van der Waals surface area contributed by atoms with Gasteiger partial charge in [0.15, 0.2) is 25.0 Å². The van der Waals surface area contributed by atoms with E-state index >= 15 is 4.39 Å². The third kappa shape index (κ3) is 10.7. The Kier molecular flexibility index (Phi) is 14.5. The maximum Gasteiger partial charge on any atom is 0.187 e. The Morgan fingerprint density at radius 1 is 0.525 bits per heavy atom. The highest BCUT2D eigenvalue weighted by molar-refractivity contribution is 5.18. The summed E-state index contributed by atoms with van der Waals surface area (Å²) in [7, 11) is 1.57. The molecule has 0 radical (unpaired) electrons. The van der Waals surface area contributed by atoms with Crippen molar-refractivity contribution < 1.29 is 51.8 Å². The van der Waals surface area contributed by atoms with Crippen molar-refractivity contribution in [2.75, 3.05) is 20.3 Å². The van der Waals surface area contributed by atoms with Gasteiger partial charge in [0.2, 0.25) is 0 Å². The number of hydrogen-bond acceptors (Lipinski definition) is 10. The van der Waals surface area contributed by atoms with E-state index in [1.54, 1.807) is 7.11 Å². The van der Waals surface area contributed by atoms with Crippen molar-refractivity contribution in [3.63, 3.8) is 0 Å². The number of methoxy groups -OCH3 is 1. The van der Waals surface area contributed by atoms with Crippen LogP contribution in [0, 0.1) is 0 Å². The highest BCUT2D eigenvalue weighted by atomic mass is 19.1. The molecule has 11 atom stereocenters. The van der Waals surface area contributed by atoms with Gasteiger partial charge >= 0.3 is 0 Å². The van der Waals surface area contributed by atoms with Gasteiger partial charge in [-0.1, -0.05) is 152 Å². The summed E-state index contributed by atoms with van der Waals surface area (Å²) >= 11 is 0. The molecule has 310 valence electrons. The molecule has 0 aromatic heterocycles. The molecule has 5 aromatic rings. The van der Waals surface area contributed by atoms with Crippen molar-refractivity contribution in [1.82, 2.24) is 0 Å². The van der Waals surface area contributed by atoms with Gasteiger partial charge in [-0.2, -0.15) is 0 Å². The van der Waals surface area contributed by atoms with E-state index in [-0.39, 0.29) is 33.0 Å². The number of fused-ring (bicyclic) bond motifs is 1. The Hall–Kier alpha value is -4.37. The minimum absolute atomic E-state index is 0.0726. The van der Waals surface area contributed by atoms with Crippen LogP contribution in [0.3, 0.4) is 0 Å². The molecule has 0 N–H and O–H groups in total. The van der Waals surface area contributed by atoms with Gasteiger partial charge in [0.25, 0.3) is 0 Å². The van der Waals surface area contributed by atoms with E-state index < -0.39 is 67.8 Å². The topological polar surface area (TPSA) is 92.3 Å². The third-order valence-electron chi connectivity index (χ3n) is 10.7. The lowest BCUT2D eigenvalue weighted by Crippen LogP contribution is -2.66. The van der Waals surface area contributed by atoms with Gasteiger partial charge in [-0.3, -0.25) is 0 Å². The minimum atomic E-state index is -1.66. The van der Waals surface area contributed by atoms with Crippen LogP contribution in [-0.2, 0) is 73.8 Å². The first-order valence-electron chi connectivity index (χ1n) is 20.2. The Morgan fingerprint density at radius 3 is 1.56 bits per heavy atom. The molecule has 3 heterocycles. The van der Waals surface area contributed by atoms with Gasteiger partial charge in [0, 0.05) is 12.7 Å². The number of ether oxygens (including phenoxy) is 10. The lowest BCUT2D eigenvalue weighted by Gasteiger charge is -2.50. The molecule has 10 nitrogen and oxygen atoms in total. The number of rotatable bonds is 17. The first kappa shape index (κ1) is 41.4. The molecule has 0 bridgehead atoms. The van der Waals surface area contributed by atoms with E-state index in [4.69, 9.17) is 47.4 Å². The molecule has 5 aromatic carbocycles. The third-order valence-corrected chi connectivity index (χ3v) is 10.7. The molecular weight excluding hydrogens is 756 g/mol. The summed E-state index contributed by atoms with van der Waals surface area (Å²) in [6.45, 7) is 1.07. The van der Waals surface area contributed by atoms with Crippen LogP contribution in [0.15, 0.2) is 152 Å². The number of alkyl halides is 1. The molecule has 59 heavy (non-hydrogen) atoms. The predicted molar refractivity (Wildman–Crippen MR) is 215 cm³/mol. The van der Waals surface area contributed by atoms with E-state index in [0.717, 1.165) is 27.8 Å². The maximum absolute atomic E-state index is 17.2. The number of benzene rings is 5. The van der Waals surface area contributed by atoms with Crippen molar-refractivity contribution in [3.05, 3.63) is 179 Å². The Labute approximate surface area is 345 Å². The second-order valence-electron chi connectivity index (χ2n) is 14.8. The van der Waals surface area contributed by atoms with Gasteiger partial charge in [-0.05, 0) is 22.3 Å². The van der Waals surface area contributed by atoms with Crippen LogP contribution in [0.2, 0.25) is 0 Å². The molecule has 0 amide bonds. The van der Waals surface area contributed by atoms with E-state index in [1.165, 1.54) is 0 Å². The van der Waals surface area contributed by atoms with Crippen LogP contribution in [0.25, 0.3) is 0 Å². The largest absolute Gasteiger partial charge is 0.374 e. The van der Waals surface area contributed by atoms with Crippen LogP contribution in [0.1, 0.15) is 34.1 Å². The zero-order valence-electron chi connectivity index (χ0n) is 33.0. The molecule has 3 aliphatic rings. The van der Waals surface area contributed by atoms with Gasteiger partial charge in [-0.15, -0.1) is 0 Å². The zero-order chi connectivity index (χ0) is 40.2. The van der Waals surface area contributed by atoms with E-state index in [0.29, 0.717) is 6.61 Å². The van der Waals surface area contributed by atoms with Crippen LogP contribution in [0.4, 0.5) is 4.39 Å². The van der Waals surface area contributed by atoms with Crippen LogP contribution in [-0.4, -0.2) is 81.8 Å². The minimum Gasteiger partial charge on any atom is -0.374 e. The number of halogens is 1. The summed E-state index contributed by atoms with van der Waals surface area (Å²) in [5.41, 5.74) is 4.54.